The Balaban J connectivity index is 1.52. The van der Waals surface area contributed by atoms with Gasteiger partial charge in [-0.15, -0.1) is 0 Å². The standard InChI is InChI=1S/C23H28Cl2N2O/c1-15-4-5-16(2)20(12-15)17(3)26-23(28)19-8-10-27(11-9-19)14-18-6-7-21(24)22(25)13-18/h4-7,12-13,17,19H,8-11,14H2,1-3H3,(H,26,28)/t17-/m0/s1. The molecule has 0 unspecified atom stereocenters. The lowest BCUT2D eigenvalue weighted by molar-refractivity contribution is -0.127. The minimum atomic E-state index is 0.0293. The average molecular weight is 419 g/mol. The molecule has 0 aromatic heterocycles. The van der Waals surface area contributed by atoms with E-state index in [0.717, 1.165) is 38.0 Å². The normalized spacial score (nSPS) is 16.8. The van der Waals surface area contributed by atoms with Crippen LogP contribution in [0, 0.1) is 19.8 Å². The first-order valence-electron chi connectivity index (χ1n) is 9.87. The lowest BCUT2D eigenvalue weighted by Gasteiger charge is -2.32. The Hall–Kier alpha value is -1.55. The van der Waals surface area contributed by atoms with E-state index in [-0.39, 0.29) is 17.9 Å². The summed E-state index contributed by atoms with van der Waals surface area (Å²) < 4.78 is 0. The number of hydrogen-bond acceptors (Lipinski definition) is 2. The number of carbonyl (C=O) groups excluding carboxylic acids is 1. The maximum Gasteiger partial charge on any atom is 0.223 e. The van der Waals surface area contributed by atoms with Crippen LogP contribution >= 0.6 is 23.2 Å². The molecule has 1 N–H and O–H groups in total. The highest BCUT2D eigenvalue weighted by molar-refractivity contribution is 6.42. The highest BCUT2D eigenvalue weighted by Crippen LogP contribution is 2.26. The van der Waals surface area contributed by atoms with Gasteiger partial charge in [0, 0.05) is 12.5 Å². The zero-order valence-electron chi connectivity index (χ0n) is 16.8. The molecule has 1 aliphatic heterocycles. The number of nitrogens with zero attached hydrogens (tertiary/aromatic N) is 1. The Kier molecular flexibility index (Phi) is 7.03. The fraction of sp³-hybridized carbons (Fsp3) is 0.435. The summed E-state index contributed by atoms with van der Waals surface area (Å²) in [4.78, 5) is 15.1. The molecule has 0 aliphatic carbocycles. The number of rotatable bonds is 5. The van der Waals surface area contributed by atoms with Crippen LogP contribution in [0.4, 0.5) is 0 Å². The van der Waals surface area contributed by atoms with Gasteiger partial charge in [0.1, 0.15) is 0 Å². The number of amides is 1. The largest absolute Gasteiger partial charge is 0.349 e. The predicted molar refractivity (Wildman–Crippen MR) is 117 cm³/mol. The van der Waals surface area contributed by atoms with E-state index < -0.39 is 0 Å². The maximum absolute atomic E-state index is 12.8. The van der Waals surface area contributed by atoms with E-state index >= 15 is 0 Å². The van der Waals surface area contributed by atoms with Crippen LogP contribution in [0.15, 0.2) is 36.4 Å². The summed E-state index contributed by atoms with van der Waals surface area (Å²) in [5.41, 5.74) is 4.79. The third-order valence-electron chi connectivity index (χ3n) is 5.61. The van der Waals surface area contributed by atoms with Gasteiger partial charge in [-0.25, -0.2) is 0 Å². The van der Waals surface area contributed by atoms with E-state index in [4.69, 9.17) is 23.2 Å². The maximum atomic E-state index is 12.8. The van der Waals surface area contributed by atoms with E-state index in [0.29, 0.717) is 10.0 Å². The SMILES string of the molecule is Cc1ccc(C)c([C@H](C)NC(=O)C2CCN(Cc3ccc(Cl)c(Cl)c3)CC2)c1. The lowest BCUT2D eigenvalue weighted by atomic mass is 9.94. The second kappa shape index (κ2) is 9.30. The van der Waals surface area contributed by atoms with Crippen molar-refractivity contribution in [1.82, 2.24) is 10.2 Å². The molecule has 2 aromatic rings. The first-order chi connectivity index (χ1) is 13.3. The summed E-state index contributed by atoms with van der Waals surface area (Å²) in [6.45, 7) is 8.91. The molecule has 5 heteroatoms. The van der Waals surface area contributed by atoms with Crippen molar-refractivity contribution < 1.29 is 4.79 Å². The zero-order valence-corrected chi connectivity index (χ0v) is 18.3. The molecule has 0 spiro atoms. The van der Waals surface area contributed by atoms with E-state index in [9.17, 15) is 4.79 Å². The van der Waals surface area contributed by atoms with Crippen molar-refractivity contribution in [2.45, 2.75) is 46.2 Å². The molecule has 0 radical (unpaired) electrons. The van der Waals surface area contributed by atoms with Gasteiger partial charge in [-0.1, -0.05) is 53.0 Å². The fourth-order valence-corrected chi connectivity index (χ4v) is 4.21. The van der Waals surface area contributed by atoms with Gasteiger partial charge in [-0.05, 0) is 75.5 Å². The molecule has 3 rings (SSSR count). The highest BCUT2D eigenvalue weighted by Gasteiger charge is 2.26. The smallest absolute Gasteiger partial charge is 0.223 e. The first kappa shape index (κ1) is 21.2. The van der Waals surface area contributed by atoms with Gasteiger partial charge in [0.15, 0.2) is 0 Å². The summed E-state index contributed by atoms with van der Waals surface area (Å²) in [5.74, 6) is 0.250. The third-order valence-corrected chi connectivity index (χ3v) is 6.35. The van der Waals surface area contributed by atoms with Crippen molar-refractivity contribution >= 4 is 29.1 Å². The Bertz CT molecular complexity index is 844. The van der Waals surface area contributed by atoms with Gasteiger partial charge < -0.3 is 5.32 Å². The summed E-state index contributed by atoms with van der Waals surface area (Å²) >= 11 is 12.1. The number of nitrogens with one attached hydrogen (secondary N) is 1. The number of piperidine rings is 1. The summed E-state index contributed by atoms with van der Waals surface area (Å²) in [6.07, 6.45) is 1.76. The summed E-state index contributed by atoms with van der Waals surface area (Å²) in [6, 6.07) is 12.2. The molecule has 1 aliphatic rings. The van der Waals surface area contributed by atoms with Gasteiger partial charge in [0.2, 0.25) is 5.91 Å². The minimum Gasteiger partial charge on any atom is -0.349 e. The molecule has 1 atom stereocenters. The number of benzene rings is 2. The monoisotopic (exact) mass is 418 g/mol. The molecule has 3 nitrogen and oxygen atoms in total. The molecule has 1 amide bonds. The van der Waals surface area contributed by atoms with Gasteiger partial charge in [-0.3, -0.25) is 9.69 Å². The van der Waals surface area contributed by atoms with Crippen LogP contribution in [-0.4, -0.2) is 23.9 Å². The van der Waals surface area contributed by atoms with Crippen LogP contribution < -0.4 is 5.32 Å². The van der Waals surface area contributed by atoms with Gasteiger partial charge in [-0.2, -0.15) is 0 Å². The molecule has 2 aromatic carbocycles. The van der Waals surface area contributed by atoms with Crippen molar-refractivity contribution in [3.63, 3.8) is 0 Å². The van der Waals surface area contributed by atoms with Crippen LogP contribution in [0.2, 0.25) is 10.0 Å². The lowest BCUT2D eigenvalue weighted by Crippen LogP contribution is -2.41. The Labute approximate surface area is 178 Å². The fourth-order valence-electron chi connectivity index (χ4n) is 3.88. The number of carbonyl (C=O) groups is 1. The van der Waals surface area contributed by atoms with Crippen molar-refractivity contribution in [2.75, 3.05) is 13.1 Å². The van der Waals surface area contributed by atoms with Crippen molar-refractivity contribution in [3.05, 3.63) is 68.7 Å². The van der Waals surface area contributed by atoms with E-state index in [1.807, 2.05) is 18.2 Å². The Morgan fingerprint density at radius 2 is 1.82 bits per heavy atom. The number of aryl methyl sites for hydroxylation is 2. The van der Waals surface area contributed by atoms with E-state index in [1.165, 1.54) is 16.7 Å². The first-order valence-corrected chi connectivity index (χ1v) is 10.6. The zero-order chi connectivity index (χ0) is 20.3. The van der Waals surface area contributed by atoms with E-state index in [1.54, 1.807) is 0 Å². The molecule has 0 saturated carbocycles. The van der Waals surface area contributed by atoms with Crippen molar-refractivity contribution in [2.24, 2.45) is 5.92 Å². The van der Waals surface area contributed by atoms with E-state index in [2.05, 4.69) is 49.2 Å². The molecular formula is C23H28Cl2N2O. The quantitative estimate of drug-likeness (QED) is 0.674. The molecule has 0 bridgehead atoms. The van der Waals surface area contributed by atoms with Gasteiger partial charge in [0.05, 0.1) is 16.1 Å². The molecule has 28 heavy (non-hydrogen) atoms. The Morgan fingerprint density at radius 1 is 1.11 bits per heavy atom. The van der Waals surface area contributed by atoms with Gasteiger partial charge >= 0.3 is 0 Å². The number of likely N-dealkylation sites (tertiary alicyclic amines) is 1. The summed E-state index contributed by atoms with van der Waals surface area (Å²) in [5, 5.41) is 4.40. The van der Waals surface area contributed by atoms with Crippen molar-refractivity contribution in [3.8, 4) is 0 Å². The second-order valence-corrected chi connectivity index (χ2v) is 8.70. The topological polar surface area (TPSA) is 32.3 Å². The molecule has 1 saturated heterocycles. The minimum absolute atomic E-state index is 0.0293. The van der Waals surface area contributed by atoms with Crippen molar-refractivity contribution in [1.29, 1.82) is 0 Å². The molecule has 1 fully saturated rings. The van der Waals surface area contributed by atoms with Crippen LogP contribution in [0.3, 0.4) is 0 Å². The van der Waals surface area contributed by atoms with Crippen LogP contribution in [0.25, 0.3) is 0 Å². The Morgan fingerprint density at radius 3 is 2.50 bits per heavy atom. The van der Waals surface area contributed by atoms with Crippen LogP contribution in [-0.2, 0) is 11.3 Å². The predicted octanol–water partition coefficient (Wildman–Crippen LogP) is 5.70. The molecular weight excluding hydrogens is 391 g/mol. The molecule has 150 valence electrons. The third kappa shape index (κ3) is 5.28. The summed E-state index contributed by atoms with van der Waals surface area (Å²) in [7, 11) is 0. The second-order valence-electron chi connectivity index (χ2n) is 7.89. The van der Waals surface area contributed by atoms with Crippen LogP contribution in [0.1, 0.15) is 48.1 Å². The average Bonchev–Trinajstić information content (AvgIpc) is 2.67. The van der Waals surface area contributed by atoms with Gasteiger partial charge in [0.25, 0.3) is 0 Å². The molecule has 1 heterocycles. The number of halogens is 2. The number of hydrogen-bond donors (Lipinski definition) is 1. The van der Waals surface area contributed by atoms with Crippen LogP contribution in [0.5, 0.6) is 0 Å². The highest BCUT2D eigenvalue weighted by atomic mass is 35.5.